The summed E-state index contributed by atoms with van der Waals surface area (Å²) >= 11 is 11.5. The van der Waals surface area contributed by atoms with Crippen molar-refractivity contribution < 1.29 is 14.0 Å². The Bertz CT molecular complexity index is 822. The standard InChI is InChI=1S/C17H13Cl2FN2O2/c18-13-8-14(19)15(20)7-12(13)17(24)22-11-3-1-2-9(6-11)16(23)21-10-4-5-10/h1-3,6-8,10H,4-5H2,(H,21,23)(H,22,24). The van der Waals surface area contributed by atoms with Crippen molar-refractivity contribution in [2.75, 3.05) is 5.32 Å². The molecule has 0 bridgehead atoms. The second-order valence-corrected chi connectivity index (χ2v) is 6.34. The molecule has 24 heavy (non-hydrogen) atoms. The number of nitrogens with one attached hydrogen (secondary N) is 2. The predicted octanol–water partition coefficient (Wildman–Crippen LogP) is 4.28. The maximum Gasteiger partial charge on any atom is 0.257 e. The summed E-state index contributed by atoms with van der Waals surface area (Å²) in [6.45, 7) is 0. The topological polar surface area (TPSA) is 58.2 Å². The molecule has 0 spiro atoms. The molecule has 124 valence electrons. The number of halogens is 3. The largest absolute Gasteiger partial charge is 0.349 e. The average Bonchev–Trinajstić information content (AvgIpc) is 3.35. The highest BCUT2D eigenvalue weighted by atomic mass is 35.5. The van der Waals surface area contributed by atoms with Crippen LogP contribution in [0.5, 0.6) is 0 Å². The molecule has 0 heterocycles. The van der Waals surface area contributed by atoms with E-state index in [1.807, 2.05) is 0 Å². The Morgan fingerprint density at radius 1 is 1.04 bits per heavy atom. The number of amides is 2. The van der Waals surface area contributed by atoms with Crippen molar-refractivity contribution in [3.05, 3.63) is 63.4 Å². The van der Waals surface area contributed by atoms with Crippen LogP contribution in [-0.4, -0.2) is 17.9 Å². The molecule has 2 aromatic carbocycles. The van der Waals surface area contributed by atoms with E-state index in [0.717, 1.165) is 18.9 Å². The molecule has 2 amide bonds. The summed E-state index contributed by atoms with van der Waals surface area (Å²) in [6.07, 6.45) is 1.98. The fourth-order valence-electron chi connectivity index (χ4n) is 2.13. The summed E-state index contributed by atoms with van der Waals surface area (Å²) in [5.41, 5.74) is 0.814. The highest BCUT2D eigenvalue weighted by Crippen LogP contribution is 2.25. The van der Waals surface area contributed by atoms with Gasteiger partial charge in [0.1, 0.15) is 5.82 Å². The summed E-state index contributed by atoms with van der Waals surface area (Å²) in [6, 6.07) is 8.88. The van der Waals surface area contributed by atoms with E-state index in [1.165, 1.54) is 6.07 Å². The SMILES string of the molecule is O=C(NC1CC1)c1cccc(NC(=O)c2cc(F)c(Cl)cc2Cl)c1. The van der Waals surface area contributed by atoms with Gasteiger partial charge in [0.15, 0.2) is 0 Å². The van der Waals surface area contributed by atoms with Gasteiger partial charge in [-0.1, -0.05) is 29.3 Å². The molecule has 1 fully saturated rings. The Hall–Kier alpha value is -2.11. The second-order valence-electron chi connectivity index (χ2n) is 5.53. The van der Waals surface area contributed by atoms with Crippen molar-refractivity contribution in [2.24, 2.45) is 0 Å². The Morgan fingerprint density at radius 3 is 2.50 bits per heavy atom. The highest BCUT2D eigenvalue weighted by molar-refractivity contribution is 6.37. The number of hydrogen-bond acceptors (Lipinski definition) is 2. The van der Waals surface area contributed by atoms with Crippen LogP contribution < -0.4 is 10.6 Å². The van der Waals surface area contributed by atoms with E-state index in [-0.39, 0.29) is 27.6 Å². The van der Waals surface area contributed by atoms with Crippen molar-refractivity contribution in [2.45, 2.75) is 18.9 Å². The number of benzene rings is 2. The molecular formula is C17H13Cl2FN2O2. The van der Waals surface area contributed by atoms with Crippen molar-refractivity contribution >= 4 is 40.7 Å². The molecule has 1 aliphatic rings. The van der Waals surface area contributed by atoms with Crippen molar-refractivity contribution in [3.63, 3.8) is 0 Å². The van der Waals surface area contributed by atoms with Gasteiger partial charge in [-0.05, 0) is 43.2 Å². The molecule has 0 aromatic heterocycles. The molecule has 1 saturated carbocycles. The summed E-state index contributed by atoms with van der Waals surface area (Å²) in [4.78, 5) is 24.3. The van der Waals surface area contributed by atoms with Crippen LogP contribution in [0, 0.1) is 5.82 Å². The number of hydrogen-bond donors (Lipinski definition) is 2. The van der Waals surface area contributed by atoms with E-state index >= 15 is 0 Å². The predicted molar refractivity (Wildman–Crippen MR) is 91.3 cm³/mol. The molecule has 4 nitrogen and oxygen atoms in total. The van der Waals surface area contributed by atoms with E-state index in [1.54, 1.807) is 24.3 Å². The van der Waals surface area contributed by atoms with Crippen molar-refractivity contribution in [3.8, 4) is 0 Å². The van der Waals surface area contributed by atoms with E-state index in [4.69, 9.17) is 23.2 Å². The molecule has 1 aliphatic carbocycles. The Morgan fingerprint density at radius 2 is 1.79 bits per heavy atom. The quantitative estimate of drug-likeness (QED) is 0.793. The first kappa shape index (κ1) is 16.7. The first-order chi connectivity index (χ1) is 11.4. The Balaban J connectivity index is 1.77. The Labute approximate surface area is 148 Å². The van der Waals surface area contributed by atoms with Crippen LogP contribution in [0.1, 0.15) is 33.6 Å². The number of carbonyl (C=O) groups is 2. The zero-order valence-electron chi connectivity index (χ0n) is 12.4. The highest BCUT2D eigenvalue weighted by Gasteiger charge is 2.24. The van der Waals surface area contributed by atoms with Crippen LogP contribution in [-0.2, 0) is 0 Å². The van der Waals surface area contributed by atoms with Crippen LogP contribution in [0.25, 0.3) is 0 Å². The molecule has 0 saturated heterocycles. The van der Waals surface area contributed by atoms with E-state index in [2.05, 4.69) is 10.6 Å². The minimum absolute atomic E-state index is 0.0357. The van der Waals surface area contributed by atoms with Crippen molar-refractivity contribution in [1.29, 1.82) is 0 Å². The van der Waals surface area contributed by atoms with Gasteiger partial charge in [-0.25, -0.2) is 4.39 Å². The third-order valence-corrected chi connectivity index (χ3v) is 4.15. The van der Waals surface area contributed by atoms with Gasteiger partial charge in [-0.2, -0.15) is 0 Å². The lowest BCUT2D eigenvalue weighted by molar-refractivity contribution is 0.0949. The molecule has 7 heteroatoms. The first-order valence-electron chi connectivity index (χ1n) is 7.31. The van der Waals surface area contributed by atoms with Gasteiger partial charge < -0.3 is 10.6 Å². The van der Waals surface area contributed by atoms with Gasteiger partial charge in [0.25, 0.3) is 11.8 Å². The third kappa shape index (κ3) is 3.86. The lowest BCUT2D eigenvalue weighted by atomic mass is 10.1. The monoisotopic (exact) mass is 366 g/mol. The fraction of sp³-hybridized carbons (Fsp3) is 0.176. The zero-order valence-corrected chi connectivity index (χ0v) is 13.9. The van der Waals surface area contributed by atoms with Crippen LogP contribution in [0.3, 0.4) is 0 Å². The van der Waals surface area contributed by atoms with E-state index < -0.39 is 11.7 Å². The third-order valence-electron chi connectivity index (χ3n) is 3.55. The summed E-state index contributed by atoms with van der Waals surface area (Å²) in [5.74, 6) is -1.51. The van der Waals surface area contributed by atoms with Gasteiger partial charge in [0.05, 0.1) is 15.6 Å². The van der Waals surface area contributed by atoms with Gasteiger partial charge in [-0.15, -0.1) is 0 Å². The second kappa shape index (κ2) is 6.79. The molecule has 0 aliphatic heterocycles. The van der Waals surface area contributed by atoms with Gasteiger partial charge >= 0.3 is 0 Å². The van der Waals surface area contributed by atoms with Gasteiger partial charge in [0, 0.05) is 17.3 Å². The minimum atomic E-state index is -0.733. The van der Waals surface area contributed by atoms with Crippen LogP contribution in [0.2, 0.25) is 10.0 Å². The molecule has 0 atom stereocenters. The van der Waals surface area contributed by atoms with Gasteiger partial charge in [-0.3, -0.25) is 9.59 Å². The van der Waals surface area contributed by atoms with Gasteiger partial charge in [0.2, 0.25) is 0 Å². The van der Waals surface area contributed by atoms with E-state index in [9.17, 15) is 14.0 Å². The molecule has 2 aromatic rings. The summed E-state index contributed by atoms with van der Waals surface area (Å²) in [7, 11) is 0. The lowest BCUT2D eigenvalue weighted by Gasteiger charge is -2.09. The number of anilines is 1. The molecular weight excluding hydrogens is 354 g/mol. The van der Waals surface area contributed by atoms with Crippen LogP contribution in [0.15, 0.2) is 36.4 Å². The lowest BCUT2D eigenvalue weighted by Crippen LogP contribution is -2.25. The maximum atomic E-state index is 13.5. The fourth-order valence-corrected chi connectivity index (χ4v) is 2.60. The Kier molecular flexibility index (Phi) is 4.73. The van der Waals surface area contributed by atoms with Crippen LogP contribution in [0.4, 0.5) is 10.1 Å². The number of carbonyl (C=O) groups excluding carboxylic acids is 2. The first-order valence-corrected chi connectivity index (χ1v) is 8.06. The average molecular weight is 367 g/mol. The summed E-state index contributed by atoms with van der Waals surface area (Å²) in [5, 5.41) is 5.35. The smallest absolute Gasteiger partial charge is 0.257 e. The van der Waals surface area contributed by atoms with E-state index in [0.29, 0.717) is 11.3 Å². The molecule has 0 unspecified atom stereocenters. The minimum Gasteiger partial charge on any atom is -0.349 e. The van der Waals surface area contributed by atoms with Crippen molar-refractivity contribution in [1.82, 2.24) is 5.32 Å². The molecule has 3 rings (SSSR count). The number of rotatable bonds is 4. The molecule has 2 N–H and O–H groups in total. The molecule has 0 radical (unpaired) electrons. The van der Waals surface area contributed by atoms with Crippen LogP contribution >= 0.6 is 23.2 Å². The zero-order chi connectivity index (χ0) is 17.3. The maximum absolute atomic E-state index is 13.5. The normalized spacial score (nSPS) is 13.5. The summed E-state index contributed by atoms with van der Waals surface area (Å²) < 4.78 is 13.5.